The van der Waals surface area contributed by atoms with Gasteiger partial charge in [-0.2, -0.15) is 0 Å². The van der Waals surface area contributed by atoms with Gasteiger partial charge in [0, 0.05) is 11.3 Å². The van der Waals surface area contributed by atoms with E-state index in [4.69, 9.17) is 11.5 Å². The zero-order chi connectivity index (χ0) is 10.9. The Labute approximate surface area is 78.9 Å². The van der Waals surface area contributed by atoms with E-state index in [1.165, 1.54) is 6.92 Å². The fourth-order valence-corrected chi connectivity index (χ4v) is 1.00. The second-order valence-electron chi connectivity index (χ2n) is 2.77. The Balaban J connectivity index is 3.35. The van der Waals surface area contributed by atoms with Gasteiger partial charge in [0.2, 0.25) is 0 Å². The first-order valence-electron chi connectivity index (χ1n) is 3.78. The largest absolute Gasteiger partial charge is 0.398 e. The minimum absolute atomic E-state index is 0.0871. The minimum atomic E-state index is -2.77. The summed E-state index contributed by atoms with van der Waals surface area (Å²) in [5.74, 6) is -0.864. The molecule has 1 aromatic heterocycles. The van der Waals surface area contributed by atoms with Crippen LogP contribution in [-0.4, -0.2) is 10.9 Å². The highest BCUT2D eigenvalue weighted by Crippen LogP contribution is 2.22. The highest BCUT2D eigenvalue weighted by Gasteiger charge is 2.16. The number of amides is 1. The maximum atomic E-state index is 12.3. The third kappa shape index (κ3) is 1.78. The number of nitrogen functional groups attached to an aromatic ring is 1. The van der Waals surface area contributed by atoms with Crippen molar-refractivity contribution in [2.75, 3.05) is 5.73 Å². The van der Waals surface area contributed by atoms with Gasteiger partial charge in [-0.05, 0) is 13.0 Å². The number of pyridine rings is 1. The van der Waals surface area contributed by atoms with Crippen LogP contribution in [0.25, 0.3) is 0 Å². The summed E-state index contributed by atoms with van der Waals surface area (Å²) in [6, 6.07) is 1.03. The predicted molar refractivity (Wildman–Crippen MR) is 46.9 cm³/mol. The van der Waals surface area contributed by atoms with Gasteiger partial charge in [0.05, 0.1) is 0 Å². The van der Waals surface area contributed by atoms with Crippen molar-refractivity contribution in [3.05, 3.63) is 23.0 Å². The molecule has 6 heteroatoms. The summed E-state index contributed by atoms with van der Waals surface area (Å²) in [5, 5.41) is 0. The van der Waals surface area contributed by atoms with Gasteiger partial charge < -0.3 is 11.5 Å². The van der Waals surface area contributed by atoms with E-state index >= 15 is 0 Å². The van der Waals surface area contributed by atoms with E-state index in [0.29, 0.717) is 5.56 Å². The number of rotatable bonds is 2. The molecule has 76 valence electrons. The summed E-state index contributed by atoms with van der Waals surface area (Å²) in [7, 11) is 0. The molecular formula is C8H9F2N3O. The quantitative estimate of drug-likeness (QED) is 0.749. The molecule has 0 saturated heterocycles. The van der Waals surface area contributed by atoms with Gasteiger partial charge in [-0.1, -0.05) is 0 Å². The molecule has 4 nitrogen and oxygen atoms in total. The molecule has 0 saturated carbocycles. The van der Waals surface area contributed by atoms with Crippen LogP contribution in [0.3, 0.4) is 0 Å². The molecule has 14 heavy (non-hydrogen) atoms. The number of carbonyl (C=O) groups excluding carboxylic acids is 1. The molecule has 1 rings (SSSR count). The maximum Gasteiger partial charge on any atom is 0.280 e. The number of alkyl halides is 2. The molecule has 0 unspecified atom stereocenters. The summed E-state index contributed by atoms with van der Waals surface area (Å²) < 4.78 is 24.5. The molecule has 0 aromatic carbocycles. The molecule has 0 radical (unpaired) electrons. The number of nitrogens with two attached hydrogens (primary N) is 2. The van der Waals surface area contributed by atoms with Gasteiger partial charge in [0.1, 0.15) is 11.4 Å². The molecule has 0 atom stereocenters. The topological polar surface area (TPSA) is 82.0 Å². The average molecular weight is 201 g/mol. The zero-order valence-electron chi connectivity index (χ0n) is 7.42. The van der Waals surface area contributed by atoms with Crippen LogP contribution in [0.5, 0.6) is 0 Å². The normalized spacial score (nSPS) is 10.6. The average Bonchev–Trinajstić information content (AvgIpc) is 2.08. The summed E-state index contributed by atoms with van der Waals surface area (Å²) >= 11 is 0. The zero-order valence-corrected chi connectivity index (χ0v) is 7.42. The van der Waals surface area contributed by atoms with Crippen molar-refractivity contribution in [3.8, 4) is 0 Å². The number of nitrogens with zero attached hydrogens (tertiary/aromatic N) is 1. The number of primary amides is 1. The van der Waals surface area contributed by atoms with Crippen LogP contribution in [0.4, 0.5) is 14.5 Å². The summed E-state index contributed by atoms with van der Waals surface area (Å²) in [6.07, 6.45) is -2.77. The first kappa shape index (κ1) is 10.4. The number of hydrogen-bond acceptors (Lipinski definition) is 3. The second-order valence-corrected chi connectivity index (χ2v) is 2.77. The van der Waals surface area contributed by atoms with Crippen molar-refractivity contribution in [2.24, 2.45) is 5.73 Å². The van der Waals surface area contributed by atoms with E-state index in [2.05, 4.69) is 4.98 Å². The molecule has 4 N–H and O–H groups in total. The summed E-state index contributed by atoms with van der Waals surface area (Å²) in [5.41, 5.74) is 10.0. The van der Waals surface area contributed by atoms with E-state index in [0.717, 1.165) is 6.07 Å². The van der Waals surface area contributed by atoms with Gasteiger partial charge in [-0.25, -0.2) is 13.8 Å². The lowest BCUT2D eigenvalue weighted by Gasteiger charge is -2.07. The van der Waals surface area contributed by atoms with Crippen LogP contribution >= 0.6 is 0 Å². The van der Waals surface area contributed by atoms with E-state index in [1.54, 1.807) is 0 Å². The number of aromatic nitrogens is 1. The molecule has 0 aliphatic heterocycles. The minimum Gasteiger partial charge on any atom is -0.398 e. The SMILES string of the molecule is Cc1c(N)cc(C(F)F)nc1C(N)=O. The Hall–Kier alpha value is -1.72. The monoisotopic (exact) mass is 201 g/mol. The van der Waals surface area contributed by atoms with E-state index in [9.17, 15) is 13.6 Å². The van der Waals surface area contributed by atoms with Crippen LogP contribution in [0.15, 0.2) is 6.07 Å². The summed E-state index contributed by atoms with van der Waals surface area (Å²) in [4.78, 5) is 14.2. The van der Waals surface area contributed by atoms with Crippen LogP contribution in [0, 0.1) is 6.92 Å². The van der Waals surface area contributed by atoms with Gasteiger partial charge in [-0.15, -0.1) is 0 Å². The van der Waals surface area contributed by atoms with Crippen molar-refractivity contribution in [1.29, 1.82) is 0 Å². The molecule has 0 fully saturated rings. The van der Waals surface area contributed by atoms with Crippen molar-refractivity contribution in [2.45, 2.75) is 13.3 Å². The second kappa shape index (κ2) is 3.57. The van der Waals surface area contributed by atoms with Crippen LogP contribution in [0.2, 0.25) is 0 Å². The first-order valence-corrected chi connectivity index (χ1v) is 3.78. The van der Waals surface area contributed by atoms with E-state index in [1.807, 2.05) is 0 Å². The van der Waals surface area contributed by atoms with Crippen molar-refractivity contribution >= 4 is 11.6 Å². The van der Waals surface area contributed by atoms with E-state index < -0.39 is 18.0 Å². The smallest absolute Gasteiger partial charge is 0.280 e. The maximum absolute atomic E-state index is 12.3. The molecule has 1 heterocycles. The number of carbonyl (C=O) groups is 1. The van der Waals surface area contributed by atoms with Gasteiger partial charge in [0.25, 0.3) is 12.3 Å². The highest BCUT2D eigenvalue weighted by atomic mass is 19.3. The lowest BCUT2D eigenvalue weighted by Crippen LogP contribution is -2.17. The standard InChI is InChI=1S/C8H9F2N3O/c1-3-4(11)2-5(7(9)10)13-6(3)8(12)14/h2,7H,1H3,(H2,11,13)(H2,12,14). The molecule has 0 aliphatic carbocycles. The van der Waals surface area contributed by atoms with Crippen LogP contribution < -0.4 is 11.5 Å². The summed E-state index contributed by atoms with van der Waals surface area (Å²) in [6.45, 7) is 1.50. The van der Waals surface area contributed by atoms with Gasteiger partial charge in [0.15, 0.2) is 0 Å². The van der Waals surface area contributed by atoms with E-state index in [-0.39, 0.29) is 11.4 Å². The Morgan fingerprint density at radius 3 is 2.57 bits per heavy atom. The Morgan fingerprint density at radius 2 is 2.14 bits per heavy atom. The molecule has 1 aromatic rings. The number of hydrogen-bond donors (Lipinski definition) is 2. The molecular weight excluding hydrogens is 192 g/mol. The fraction of sp³-hybridized carbons (Fsp3) is 0.250. The number of anilines is 1. The number of halogens is 2. The Bertz CT molecular complexity index is 379. The predicted octanol–water partition coefficient (Wildman–Crippen LogP) is 1.01. The third-order valence-corrected chi connectivity index (χ3v) is 1.79. The van der Waals surface area contributed by atoms with Gasteiger partial charge in [-0.3, -0.25) is 4.79 Å². The highest BCUT2D eigenvalue weighted by molar-refractivity contribution is 5.93. The van der Waals surface area contributed by atoms with Crippen LogP contribution in [-0.2, 0) is 0 Å². The molecule has 0 bridgehead atoms. The van der Waals surface area contributed by atoms with Crippen molar-refractivity contribution in [1.82, 2.24) is 4.98 Å². The van der Waals surface area contributed by atoms with Crippen LogP contribution in [0.1, 0.15) is 28.2 Å². The fourth-order valence-electron chi connectivity index (χ4n) is 1.00. The molecule has 1 amide bonds. The Morgan fingerprint density at radius 1 is 1.57 bits per heavy atom. The van der Waals surface area contributed by atoms with Crippen molar-refractivity contribution in [3.63, 3.8) is 0 Å². The Kier molecular flexibility index (Phi) is 2.64. The molecule has 0 aliphatic rings. The third-order valence-electron chi connectivity index (χ3n) is 1.79. The lowest BCUT2D eigenvalue weighted by molar-refractivity contribution is 0.0993. The molecule has 0 spiro atoms. The lowest BCUT2D eigenvalue weighted by atomic mass is 10.1. The van der Waals surface area contributed by atoms with Gasteiger partial charge >= 0.3 is 0 Å². The first-order chi connectivity index (χ1) is 6.43. The van der Waals surface area contributed by atoms with Crippen molar-refractivity contribution < 1.29 is 13.6 Å².